The molecule has 3 rings (SSSR count). The van der Waals surface area contributed by atoms with Crippen LogP contribution in [-0.4, -0.2) is 34.6 Å². The molecular formula is C13H21N3S. The second-order valence-corrected chi connectivity index (χ2v) is 7.01. The number of hydrogen-bond acceptors (Lipinski definition) is 4. The summed E-state index contributed by atoms with van der Waals surface area (Å²) in [6, 6.07) is 0.741. The third-order valence-electron chi connectivity index (χ3n) is 3.87. The van der Waals surface area contributed by atoms with Gasteiger partial charge in [-0.3, -0.25) is 9.88 Å². The van der Waals surface area contributed by atoms with Crippen molar-refractivity contribution in [2.24, 2.45) is 5.92 Å². The van der Waals surface area contributed by atoms with Gasteiger partial charge in [-0.15, -0.1) is 11.3 Å². The van der Waals surface area contributed by atoms with E-state index in [4.69, 9.17) is 0 Å². The number of thiazole rings is 1. The van der Waals surface area contributed by atoms with E-state index in [1.54, 1.807) is 11.3 Å². The molecule has 94 valence electrons. The predicted octanol–water partition coefficient (Wildman–Crippen LogP) is 2.11. The summed E-state index contributed by atoms with van der Waals surface area (Å²) < 4.78 is 0. The molecule has 1 N–H and O–H groups in total. The molecule has 0 aromatic carbocycles. The second-order valence-electron chi connectivity index (χ2n) is 6.04. The highest BCUT2D eigenvalue weighted by atomic mass is 32.1. The maximum atomic E-state index is 4.19. The van der Waals surface area contributed by atoms with Crippen molar-refractivity contribution in [2.75, 3.05) is 13.1 Å². The molecule has 1 aliphatic carbocycles. The number of nitrogens with zero attached hydrogens (tertiary/aromatic N) is 2. The standard InChI is InChI=1S/C13H21N3S/c1-13(2)8-16(7-11-5-14-9-17-11)12(6-15-13)10-3-4-10/h5,9-10,12,15H,3-4,6-8H2,1-2H3. The molecule has 4 heteroatoms. The Labute approximate surface area is 107 Å². The van der Waals surface area contributed by atoms with Crippen molar-refractivity contribution in [1.29, 1.82) is 0 Å². The Balaban J connectivity index is 1.72. The molecule has 0 amide bonds. The SMILES string of the molecule is CC1(C)CN(Cc2cncs2)C(C2CC2)CN1. The maximum absolute atomic E-state index is 4.19. The van der Waals surface area contributed by atoms with Crippen LogP contribution in [0.15, 0.2) is 11.7 Å². The Morgan fingerprint density at radius 1 is 1.53 bits per heavy atom. The van der Waals surface area contributed by atoms with Crippen molar-refractivity contribution < 1.29 is 0 Å². The smallest absolute Gasteiger partial charge is 0.0794 e. The van der Waals surface area contributed by atoms with Crippen LogP contribution in [0.3, 0.4) is 0 Å². The van der Waals surface area contributed by atoms with Crippen LogP contribution in [0.25, 0.3) is 0 Å². The van der Waals surface area contributed by atoms with E-state index in [-0.39, 0.29) is 5.54 Å². The summed E-state index contributed by atoms with van der Waals surface area (Å²) in [4.78, 5) is 8.25. The molecule has 2 aliphatic rings. The summed E-state index contributed by atoms with van der Waals surface area (Å²) in [7, 11) is 0. The van der Waals surface area contributed by atoms with Gasteiger partial charge >= 0.3 is 0 Å². The third kappa shape index (κ3) is 2.69. The van der Waals surface area contributed by atoms with Gasteiger partial charge in [0.2, 0.25) is 0 Å². The predicted molar refractivity (Wildman–Crippen MR) is 71.1 cm³/mol. The van der Waals surface area contributed by atoms with E-state index in [0.29, 0.717) is 0 Å². The highest BCUT2D eigenvalue weighted by molar-refractivity contribution is 7.09. The fourth-order valence-corrected chi connectivity index (χ4v) is 3.45. The summed E-state index contributed by atoms with van der Waals surface area (Å²) in [6.07, 6.45) is 4.86. The number of nitrogens with one attached hydrogen (secondary N) is 1. The fraction of sp³-hybridized carbons (Fsp3) is 0.769. The van der Waals surface area contributed by atoms with Crippen LogP contribution in [0, 0.1) is 5.92 Å². The van der Waals surface area contributed by atoms with E-state index in [1.165, 1.54) is 17.7 Å². The lowest BCUT2D eigenvalue weighted by atomic mass is 9.96. The summed E-state index contributed by atoms with van der Waals surface area (Å²) in [6.45, 7) is 7.98. The van der Waals surface area contributed by atoms with E-state index in [0.717, 1.165) is 31.6 Å². The largest absolute Gasteiger partial charge is 0.309 e. The summed E-state index contributed by atoms with van der Waals surface area (Å²) >= 11 is 1.78. The zero-order valence-corrected chi connectivity index (χ0v) is 11.5. The molecule has 2 heterocycles. The summed E-state index contributed by atoms with van der Waals surface area (Å²) in [5.41, 5.74) is 2.19. The Bertz CT molecular complexity index is 370. The first-order valence-corrected chi connectivity index (χ1v) is 7.38. The molecule has 1 aliphatic heterocycles. The molecule has 3 nitrogen and oxygen atoms in total. The van der Waals surface area contributed by atoms with E-state index in [2.05, 4.69) is 29.0 Å². The monoisotopic (exact) mass is 251 g/mol. The molecule has 2 fully saturated rings. The van der Waals surface area contributed by atoms with Crippen LogP contribution >= 0.6 is 11.3 Å². The molecule has 17 heavy (non-hydrogen) atoms. The first-order valence-electron chi connectivity index (χ1n) is 6.50. The number of piperazine rings is 1. The summed E-state index contributed by atoms with van der Waals surface area (Å²) in [5, 5.41) is 3.69. The van der Waals surface area contributed by atoms with Crippen molar-refractivity contribution in [1.82, 2.24) is 15.2 Å². The highest BCUT2D eigenvalue weighted by Crippen LogP contribution is 2.37. The molecule has 1 atom stereocenters. The van der Waals surface area contributed by atoms with E-state index in [1.807, 2.05) is 11.7 Å². The van der Waals surface area contributed by atoms with Crippen LogP contribution in [-0.2, 0) is 6.54 Å². The van der Waals surface area contributed by atoms with Crippen molar-refractivity contribution in [3.8, 4) is 0 Å². The summed E-state index contributed by atoms with van der Waals surface area (Å²) in [5.74, 6) is 0.937. The quantitative estimate of drug-likeness (QED) is 0.892. The molecule has 1 aromatic heterocycles. The first-order chi connectivity index (χ1) is 8.14. The van der Waals surface area contributed by atoms with Crippen LogP contribution in [0.1, 0.15) is 31.6 Å². The average Bonchev–Trinajstić information content (AvgIpc) is 2.96. The fourth-order valence-electron chi connectivity index (χ4n) is 2.83. The lowest BCUT2D eigenvalue weighted by molar-refractivity contribution is 0.0768. The molecule has 1 aromatic rings. The lowest BCUT2D eigenvalue weighted by Gasteiger charge is -2.44. The minimum Gasteiger partial charge on any atom is -0.309 e. The molecular weight excluding hydrogens is 230 g/mol. The topological polar surface area (TPSA) is 28.2 Å². The average molecular weight is 251 g/mol. The molecule has 0 bridgehead atoms. The molecule has 1 saturated carbocycles. The minimum absolute atomic E-state index is 0.246. The molecule has 1 unspecified atom stereocenters. The third-order valence-corrected chi connectivity index (χ3v) is 4.63. The van der Waals surface area contributed by atoms with Crippen molar-refractivity contribution >= 4 is 11.3 Å². The van der Waals surface area contributed by atoms with E-state index in [9.17, 15) is 0 Å². The second kappa shape index (κ2) is 4.34. The van der Waals surface area contributed by atoms with Gasteiger partial charge in [0.25, 0.3) is 0 Å². The van der Waals surface area contributed by atoms with E-state index < -0.39 is 0 Å². The van der Waals surface area contributed by atoms with Gasteiger partial charge in [0, 0.05) is 42.3 Å². The van der Waals surface area contributed by atoms with Gasteiger partial charge in [0.15, 0.2) is 0 Å². The number of aromatic nitrogens is 1. The zero-order chi connectivity index (χ0) is 11.9. The Morgan fingerprint density at radius 3 is 3.00 bits per heavy atom. The zero-order valence-electron chi connectivity index (χ0n) is 10.6. The maximum Gasteiger partial charge on any atom is 0.0794 e. The van der Waals surface area contributed by atoms with Gasteiger partial charge in [-0.1, -0.05) is 0 Å². The minimum atomic E-state index is 0.246. The molecule has 0 radical (unpaired) electrons. The van der Waals surface area contributed by atoms with Crippen molar-refractivity contribution in [2.45, 2.75) is 44.8 Å². The van der Waals surface area contributed by atoms with Gasteiger partial charge in [0.05, 0.1) is 5.51 Å². The lowest BCUT2D eigenvalue weighted by Crippen LogP contribution is -2.61. The number of hydrogen-bond donors (Lipinski definition) is 1. The normalized spacial score (nSPS) is 29.4. The van der Waals surface area contributed by atoms with Gasteiger partial charge < -0.3 is 5.32 Å². The Kier molecular flexibility index (Phi) is 2.97. The van der Waals surface area contributed by atoms with Crippen LogP contribution in [0.2, 0.25) is 0 Å². The van der Waals surface area contributed by atoms with Crippen molar-refractivity contribution in [3.63, 3.8) is 0 Å². The van der Waals surface area contributed by atoms with Crippen molar-refractivity contribution in [3.05, 3.63) is 16.6 Å². The van der Waals surface area contributed by atoms with Crippen LogP contribution in [0.4, 0.5) is 0 Å². The molecule has 0 spiro atoms. The van der Waals surface area contributed by atoms with Gasteiger partial charge in [0.1, 0.15) is 0 Å². The number of rotatable bonds is 3. The first kappa shape index (κ1) is 11.6. The molecule has 1 saturated heterocycles. The Hall–Kier alpha value is -0.450. The highest BCUT2D eigenvalue weighted by Gasteiger charge is 2.40. The van der Waals surface area contributed by atoms with E-state index >= 15 is 0 Å². The van der Waals surface area contributed by atoms with Crippen LogP contribution < -0.4 is 5.32 Å². The Morgan fingerprint density at radius 2 is 2.35 bits per heavy atom. The van der Waals surface area contributed by atoms with Gasteiger partial charge in [-0.2, -0.15) is 0 Å². The van der Waals surface area contributed by atoms with Gasteiger partial charge in [-0.05, 0) is 32.6 Å². The van der Waals surface area contributed by atoms with Gasteiger partial charge in [-0.25, -0.2) is 0 Å². The van der Waals surface area contributed by atoms with Crippen LogP contribution in [0.5, 0.6) is 0 Å².